The van der Waals surface area contributed by atoms with E-state index >= 15 is 0 Å². The Morgan fingerprint density at radius 3 is 2.75 bits per heavy atom. The molecule has 0 unspecified atom stereocenters. The Labute approximate surface area is 71.0 Å². The van der Waals surface area contributed by atoms with Crippen molar-refractivity contribution >= 4 is 11.6 Å². The average molecular weight is 165 g/mol. The van der Waals surface area contributed by atoms with Crippen LogP contribution >= 0.6 is 0 Å². The average Bonchev–Trinajstić information content (AvgIpc) is 2.04. The molecule has 1 aromatic heterocycles. The summed E-state index contributed by atoms with van der Waals surface area (Å²) in [7, 11) is 1.71. The van der Waals surface area contributed by atoms with Gasteiger partial charge in [0.15, 0.2) is 11.6 Å². The second kappa shape index (κ2) is 3.30. The zero-order valence-electron chi connectivity index (χ0n) is 7.38. The lowest BCUT2D eigenvalue weighted by Gasteiger charge is -2.03. The molecular formula is C8H11N3O. The summed E-state index contributed by atoms with van der Waals surface area (Å²) in [6.07, 6.45) is 1.62. The van der Waals surface area contributed by atoms with Crippen LogP contribution in [0.15, 0.2) is 6.20 Å². The molecule has 1 N–H and O–H groups in total. The van der Waals surface area contributed by atoms with E-state index in [0.29, 0.717) is 11.5 Å². The van der Waals surface area contributed by atoms with Crippen LogP contribution < -0.4 is 5.32 Å². The minimum Gasteiger partial charge on any atom is -0.371 e. The first-order chi connectivity index (χ1) is 5.65. The van der Waals surface area contributed by atoms with Gasteiger partial charge >= 0.3 is 0 Å². The highest BCUT2D eigenvalue weighted by molar-refractivity contribution is 5.96. The number of anilines is 1. The van der Waals surface area contributed by atoms with Crippen LogP contribution in [0.25, 0.3) is 0 Å². The fourth-order valence-electron chi connectivity index (χ4n) is 0.906. The molecule has 12 heavy (non-hydrogen) atoms. The molecule has 0 atom stereocenters. The monoisotopic (exact) mass is 165 g/mol. The van der Waals surface area contributed by atoms with Crippen LogP contribution in [0.3, 0.4) is 0 Å². The lowest BCUT2D eigenvalue weighted by Crippen LogP contribution is -2.06. The van der Waals surface area contributed by atoms with Gasteiger partial charge in [-0.05, 0) is 6.92 Å². The number of nitrogens with one attached hydrogen (secondary N) is 1. The number of aromatic nitrogens is 2. The van der Waals surface area contributed by atoms with E-state index < -0.39 is 0 Å². The highest BCUT2D eigenvalue weighted by atomic mass is 16.1. The fourth-order valence-corrected chi connectivity index (χ4v) is 0.906. The second-order valence-corrected chi connectivity index (χ2v) is 2.51. The Balaban J connectivity index is 3.21. The van der Waals surface area contributed by atoms with Crippen molar-refractivity contribution in [1.82, 2.24) is 9.97 Å². The first-order valence-corrected chi connectivity index (χ1v) is 3.67. The van der Waals surface area contributed by atoms with Gasteiger partial charge in [0, 0.05) is 14.0 Å². The van der Waals surface area contributed by atoms with E-state index in [-0.39, 0.29) is 5.78 Å². The molecule has 0 amide bonds. The van der Waals surface area contributed by atoms with E-state index in [0.717, 1.165) is 5.69 Å². The van der Waals surface area contributed by atoms with Gasteiger partial charge in [0.25, 0.3) is 0 Å². The Hall–Kier alpha value is -1.45. The van der Waals surface area contributed by atoms with E-state index in [1.165, 1.54) is 6.92 Å². The summed E-state index contributed by atoms with van der Waals surface area (Å²) >= 11 is 0. The molecule has 0 spiro atoms. The van der Waals surface area contributed by atoms with Crippen molar-refractivity contribution < 1.29 is 4.79 Å². The van der Waals surface area contributed by atoms with Crippen LogP contribution in [-0.2, 0) is 0 Å². The minimum atomic E-state index is -0.0736. The Bertz CT molecular complexity index is 309. The van der Waals surface area contributed by atoms with Gasteiger partial charge in [-0.1, -0.05) is 0 Å². The van der Waals surface area contributed by atoms with Crippen molar-refractivity contribution in [2.75, 3.05) is 12.4 Å². The molecule has 0 aliphatic rings. The van der Waals surface area contributed by atoms with Gasteiger partial charge in [-0.15, -0.1) is 0 Å². The van der Waals surface area contributed by atoms with E-state index in [2.05, 4.69) is 15.3 Å². The summed E-state index contributed by atoms with van der Waals surface area (Å²) in [5, 5.41) is 2.81. The van der Waals surface area contributed by atoms with E-state index in [1.54, 1.807) is 20.2 Å². The molecule has 0 aliphatic carbocycles. The van der Waals surface area contributed by atoms with Crippen molar-refractivity contribution in [3.8, 4) is 0 Å². The predicted octanol–water partition coefficient (Wildman–Crippen LogP) is 1.03. The molecule has 4 nitrogen and oxygen atoms in total. The third-order valence-electron chi connectivity index (χ3n) is 1.46. The molecule has 1 heterocycles. The standard InChI is InChI=1S/C8H11N3O/c1-5-4-10-8(9-3)7(11-5)6(2)12/h4H,1-3H3,(H,9,10). The summed E-state index contributed by atoms with van der Waals surface area (Å²) in [5.74, 6) is 0.462. The number of rotatable bonds is 2. The summed E-state index contributed by atoms with van der Waals surface area (Å²) < 4.78 is 0. The van der Waals surface area contributed by atoms with Crippen molar-refractivity contribution in [2.45, 2.75) is 13.8 Å². The predicted molar refractivity (Wildman–Crippen MR) is 46.3 cm³/mol. The highest BCUT2D eigenvalue weighted by Gasteiger charge is 2.08. The molecule has 64 valence electrons. The van der Waals surface area contributed by atoms with Crippen molar-refractivity contribution in [1.29, 1.82) is 0 Å². The van der Waals surface area contributed by atoms with Gasteiger partial charge in [-0.2, -0.15) is 0 Å². The van der Waals surface area contributed by atoms with Gasteiger partial charge in [-0.3, -0.25) is 4.79 Å². The number of hydrogen-bond acceptors (Lipinski definition) is 4. The molecule has 1 rings (SSSR count). The maximum Gasteiger partial charge on any atom is 0.181 e. The van der Waals surface area contributed by atoms with Crippen LogP contribution in [0.2, 0.25) is 0 Å². The Morgan fingerprint density at radius 2 is 2.25 bits per heavy atom. The normalized spacial score (nSPS) is 9.58. The summed E-state index contributed by atoms with van der Waals surface area (Å²) in [4.78, 5) is 19.1. The van der Waals surface area contributed by atoms with Crippen molar-refractivity contribution in [3.05, 3.63) is 17.6 Å². The number of Topliss-reactive ketones (excluding diaryl/α,β-unsaturated/α-hetero) is 1. The number of carbonyl (C=O) groups excluding carboxylic acids is 1. The van der Waals surface area contributed by atoms with Gasteiger partial charge in [0.2, 0.25) is 0 Å². The summed E-state index contributed by atoms with van der Waals surface area (Å²) in [6, 6.07) is 0. The molecule has 0 fully saturated rings. The van der Waals surface area contributed by atoms with Crippen molar-refractivity contribution in [2.24, 2.45) is 0 Å². The summed E-state index contributed by atoms with van der Waals surface area (Å²) in [6.45, 7) is 3.28. The molecule has 0 bridgehead atoms. The third kappa shape index (κ3) is 1.58. The largest absolute Gasteiger partial charge is 0.371 e. The van der Waals surface area contributed by atoms with Crippen LogP contribution in [0.5, 0.6) is 0 Å². The number of hydrogen-bond donors (Lipinski definition) is 1. The van der Waals surface area contributed by atoms with E-state index in [4.69, 9.17) is 0 Å². The quantitative estimate of drug-likeness (QED) is 0.665. The maximum absolute atomic E-state index is 11.0. The van der Waals surface area contributed by atoms with Crippen LogP contribution in [-0.4, -0.2) is 22.8 Å². The van der Waals surface area contributed by atoms with E-state index in [1.807, 2.05) is 0 Å². The van der Waals surface area contributed by atoms with Gasteiger partial charge in [-0.25, -0.2) is 9.97 Å². The van der Waals surface area contributed by atoms with Gasteiger partial charge in [0.1, 0.15) is 5.69 Å². The molecule has 1 aromatic rings. The third-order valence-corrected chi connectivity index (χ3v) is 1.46. The topological polar surface area (TPSA) is 54.9 Å². The summed E-state index contributed by atoms with van der Waals surface area (Å²) in [5.41, 5.74) is 1.15. The lowest BCUT2D eigenvalue weighted by molar-refractivity contribution is 0.101. The van der Waals surface area contributed by atoms with E-state index in [9.17, 15) is 4.79 Å². The molecule has 0 saturated heterocycles. The number of aryl methyl sites for hydroxylation is 1. The Morgan fingerprint density at radius 1 is 1.58 bits per heavy atom. The Kier molecular flexibility index (Phi) is 2.38. The lowest BCUT2D eigenvalue weighted by atomic mass is 10.3. The molecule has 4 heteroatoms. The molecule has 0 aliphatic heterocycles. The van der Waals surface area contributed by atoms with Crippen molar-refractivity contribution in [3.63, 3.8) is 0 Å². The highest BCUT2D eigenvalue weighted by Crippen LogP contribution is 2.09. The zero-order valence-corrected chi connectivity index (χ0v) is 7.38. The smallest absolute Gasteiger partial charge is 0.181 e. The number of ketones is 1. The molecule has 0 aromatic carbocycles. The SMILES string of the molecule is CNc1ncc(C)nc1C(C)=O. The molecular weight excluding hydrogens is 154 g/mol. The molecule has 0 radical (unpaired) electrons. The van der Waals surface area contributed by atoms with Gasteiger partial charge in [0.05, 0.1) is 11.9 Å². The minimum absolute atomic E-state index is 0.0736. The zero-order chi connectivity index (χ0) is 9.14. The van der Waals surface area contributed by atoms with Gasteiger partial charge < -0.3 is 5.32 Å². The first-order valence-electron chi connectivity index (χ1n) is 3.67. The first kappa shape index (κ1) is 8.64. The maximum atomic E-state index is 11.0. The number of carbonyl (C=O) groups is 1. The van der Waals surface area contributed by atoms with Crippen LogP contribution in [0, 0.1) is 6.92 Å². The fraction of sp³-hybridized carbons (Fsp3) is 0.375. The molecule has 0 saturated carbocycles. The van der Waals surface area contributed by atoms with Crippen LogP contribution in [0.4, 0.5) is 5.82 Å². The van der Waals surface area contributed by atoms with Crippen LogP contribution in [0.1, 0.15) is 23.1 Å². The number of nitrogens with zero attached hydrogens (tertiary/aromatic N) is 2. The second-order valence-electron chi connectivity index (χ2n) is 2.51.